The van der Waals surface area contributed by atoms with Crippen LogP contribution < -0.4 is 17.0 Å². The van der Waals surface area contributed by atoms with Crippen molar-refractivity contribution in [2.75, 3.05) is 6.61 Å². The first-order valence-electron chi connectivity index (χ1n) is 10.3. The van der Waals surface area contributed by atoms with Crippen molar-refractivity contribution in [2.24, 2.45) is 7.05 Å². The van der Waals surface area contributed by atoms with Crippen molar-refractivity contribution in [1.82, 2.24) is 4.57 Å². The number of para-hydroxylation sites is 2. The Hall–Kier alpha value is -1.06. The molecule has 0 radical (unpaired) electrons. The van der Waals surface area contributed by atoms with Gasteiger partial charge in [0.25, 0.3) is 5.82 Å². The SMILES string of the molecule is CCCCCCCCCCCCOCn1c(C)[n+](C)c2ccccc21.[Cl-]. The van der Waals surface area contributed by atoms with Gasteiger partial charge in [-0.05, 0) is 18.6 Å². The number of nitrogens with zero attached hydrogens (tertiary/aromatic N) is 2. The van der Waals surface area contributed by atoms with Crippen molar-refractivity contribution in [3.8, 4) is 0 Å². The number of aryl methyl sites for hydroxylation is 1. The predicted octanol–water partition coefficient (Wildman–Crippen LogP) is 2.67. The molecule has 4 heteroatoms. The summed E-state index contributed by atoms with van der Waals surface area (Å²) in [7, 11) is 2.12. The normalized spacial score (nSPS) is 11.0. The zero-order valence-electron chi connectivity index (χ0n) is 17.0. The number of fused-ring (bicyclic) bond motifs is 1. The van der Waals surface area contributed by atoms with E-state index >= 15 is 0 Å². The lowest BCUT2D eigenvalue weighted by atomic mass is 10.1. The molecular weight excluding hydrogens is 344 g/mol. The molecular formula is C22H37ClN2O. The molecule has 0 bridgehead atoms. The van der Waals surface area contributed by atoms with Crippen molar-refractivity contribution in [3.63, 3.8) is 0 Å². The summed E-state index contributed by atoms with van der Waals surface area (Å²) in [5.41, 5.74) is 2.52. The third kappa shape index (κ3) is 6.92. The van der Waals surface area contributed by atoms with Crippen LogP contribution in [0.2, 0.25) is 0 Å². The summed E-state index contributed by atoms with van der Waals surface area (Å²) in [6.45, 7) is 5.96. The first-order valence-corrected chi connectivity index (χ1v) is 10.3. The predicted molar refractivity (Wildman–Crippen MR) is 106 cm³/mol. The fourth-order valence-corrected chi connectivity index (χ4v) is 3.52. The van der Waals surface area contributed by atoms with Crippen molar-refractivity contribution in [2.45, 2.75) is 84.8 Å². The van der Waals surface area contributed by atoms with Gasteiger partial charge in [-0.3, -0.25) is 0 Å². The molecule has 0 aliphatic carbocycles. The van der Waals surface area contributed by atoms with Crippen LogP contribution in [-0.4, -0.2) is 11.2 Å². The molecule has 0 amide bonds. The number of benzene rings is 1. The molecule has 26 heavy (non-hydrogen) atoms. The van der Waals surface area contributed by atoms with Crippen LogP contribution in [0.25, 0.3) is 11.0 Å². The van der Waals surface area contributed by atoms with Crippen LogP contribution in [0.5, 0.6) is 0 Å². The molecule has 2 aromatic rings. The Balaban J connectivity index is 0.00000338. The molecule has 0 aliphatic heterocycles. The van der Waals surface area contributed by atoms with E-state index in [2.05, 4.69) is 54.3 Å². The van der Waals surface area contributed by atoms with E-state index in [1.165, 1.54) is 81.1 Å². The maximum atomic E-state index is 5.94. The highest BCUT2D eigenvalue weighted by Gasteiger charge is 2.17. The van der Waals surface area contributed by atoms with Crippen LogP contribution in [0.1, 0.15) is 77.0 Å². The van der Waals surface area contributed by atoms with Gasteiger partial charge in [-0.15, -0.1) is 0 Å². The number of aromatic nitrogens is 2. The fraction of sp³-hybridized carbons (Fsp3) is 0.682. The Morgan fingerprint density at radius 1 is 0.885 bits per heavy atom. The standard InChI is InChI=1S/C22H37N2O.ClH/c1-4-5-6-7-8-9-10-11-12-15-18-25-19-24-20(2)23(3)21-16-13-14-17-22(21)24;/h13-14,16-17H,4-12,15,18-19H2,1-3H3;1H/q+1;/p-1. The van der Waals surface area contributed by atoms with E-state index in [0.29, 0.717) is 6.73 Å². The van der Waals surface area contributed by atoms with Crippen molar-refractivity contribution in [1.29, 1.82) is 0 Å². The highest BCUT2D eigenvalue weighted by molar-refractivity contribution is 5.72. The number of rotatable bonds is 13. The van der Waals surface area contributed by atoms with Gasteiger partial charge >= 0.3 is 0 Å². The van der Waals surface area contributed by atoms with E-state index in [1.54, 1.807) is 0 Å². The van der Waals surface area contributed by atoms with E-state index in [0.717, 1.165) is 6.61 Å². The van der Waals surface area contributed by atoms with Gasteiger partial charge < -0.3 is 17.1 Å². The average Bonchev–Trinajstić information content (AvgIpc) is 2.87. The second-order valence-electron chi connectivity index (χ2n) is 7.24. The van der Waals surface area contributed by atoms with Gasteiger partial charge in [0.15, 0.2) is 17.8 Å². The molecule has 1 heterocycles. The van der Waals surface area contributed by atoms with Crippen molar-refractivity contribution in [3.05, 3.63) is 30.1 Å². The topological polar surface area (TPSA) is 18.0 Å². The lowest BCUT2D eigenvalue weighted by molar-refractivity contribution is -0.652. The van der Waals surface area contributed by atoms with Crippen molar-refractivity contribution < 1.29 is 21.7 Å². The summed E-state index contributed by atoms with van der Waals surface area (Å²) in [6, 6.07) is 8.53. The van der Waals surface area contributed by atoms with Crippen LogP contribution in [-0.2, 0) is 18.5 Å². The maximum absolute atomic E-state index is 5.94. The molecule has 0 saturated carbocycles. The number of hydrogen-bond donors (Lipinski definition) is 0. The van der Waals surface area contributed by atoms with Gasteiger partial charge in [0.05, 0.1) is 13.7 Å². The second-order valence-corrected chi connectivity index (χ2v) is 7.24. The summed E-state index contributed by atoms with van der Waals surface area (Å²) in [5, 5.41) is 0. The van der Waals surface area contributed by atoms with E-state index in [9.17, 15) is 0 Å². The highest BCUT2D eigenvalue weighted by Crippen LogP contribution is 2.14. The molecule has 0 aliphatic rings. The van der Waals surface area contributed by atoms with E-state index in [-0.39, 0.29) is 12.4 Å². The Morgan fingerprint density at radius 3 is 2.12 bits per heavy atom. The molecule has 0 spiro atoms. The van der Waals surface area contributed by atoms with Crippen LogP contribution in [0.15, 0.2) is 24.3 Å². The molecule has 2 rings (SSSR count). The molecule has 0 fully saturated rings. The van der Waals surface area contributed by atoms with Gasteiger partial charge in [0.1, 0.15) is 0 Å². The van der Waals surface area contributed by atoms with Gasteiger partial charge in [-0.2, -0.15) is 0 Å². The number of imidazole rings is 1. The van der Waals surface area contributed by atoms with E-state index in [4.69, 9.17) is 4.74 Å². The minimum atomic E-state index is 0. The zero-order chi connectivity index (χ0) is 17.9. The average molecular weight is 381 g/mol. The minimum Gasteiger partial charge on any atom is -1.00 e. The molecule has 0 N–H and O–H groups in total. The Morgan fingerprint density at radius 2 is 1.46 bits per heavy atom. The van der Waals surface area contributed by atoms with Gasteiger partial charge in [-0.1, -0.05) is 76.8 Å². The molecule has 0 unspecified atom stereocenters. The fourth-order valence-electron chi connectivity index (χ4n) is 3.52. The zero-order valence-corrected chi connectivity index (χ0v) is 17.7. The van der Waals surface area contributed by atoms with Crippen LogP contribution in [0.4, 0.5) is 0 Å². The second kappa shape index (κ2) is 13.2. The molecule has 1 aromatic carbocycles. The van der Waals surface area contributed by atoms with Crippen LogP contribution >= 0.6 is 0 Å². The molecule has 1 aromatic heterocycles. The summed E-state index contributed by atoms with van der Waals surface area (Å²) < 4.78 is 10.4. The van der Waals surface area contributed by atoms with Gasteiger partial charge in [-0.25, -0.2) is 9.13 Å². The summed E-state index contributed by atoms with van der Waals surface area (Å²) in [5.74, 6) is 1.24. The Labute approximate surface area is 166 Å². The highest BCUT2D eigenvalue weighted by atomic mass is 35.5. The quantitative estimate of drug-likeness (QED) is 0.386. The van der Waals surface area contributed by atoms with E-state index < -0.39 is 0 Å². The third-order valence-electron chi connectivity index (χ3n) is 5.27. The lowest BCUT2D eigenvalue weighted by Gasteiger charge is -2.04. The Bertz CT molecular complexity index is 624. The number of hydrogen-bond acceptors (Lipinski definition) is 1. The monoisotopic (exact) mass is 380 g/mol. The molecule has 148 valence electrons. The van der Waals surface area contributed by atoms with E-state index in [1.807, 2.05) is 0 Å². The molecule has 0 saturated heterocycles. The third-order valence-corrected chi connectivity index (χ3v) is 5.27. The molecule has 3 nitrogen and oxygen atoms in total. The Kier molecular flexibility index (Phi) is 11.6. The lowest BCUT2D eigenvalue weighted by Crippen LogP contribution is -3.00. The smallest absolute Gasteiger partial charge is 0.255 e. The number of halogens is 1. The van der Waals surface area contributed by atoms with Crippen LogP contribution in [0.3, 0.4) is 0 Å². The minimum absolute atomic E-state index is 0. The number of unbranched alkanes of at least 4 members (excludes halogenated alkanes) is 9. The molecule has 0 atom stereocenters. The van der Waals surface area contributed by atoms with Gasteiger partial charge in [0.2, 0.25) is 0 Å². The summed E-state index contributed by atoms with van der Waals surface area (Å²) >= 11 is 0. The first-order chi connectivity index (χ1) is 12.3. The van der Waals surface area contributed by atoms with Crippen molar-refractivity contribution >= 4 is 11.0 Å². The largest absolute Gasteiger partial charge is 1.00 e. The van der Waals surface area contributed by atoms with Gasteiger partial charge in [0, 0.05) is 6.92 Å². The summed E-state index contributed by atoms with van der Waals surface area (Å²) in [4.78, 5) is 0. The first kappa shape index (κ1) is 23.0. The summed E-state index contributed by atoms with van der Waals surface area (Å²) in [6.07, 6.45) is 13.7. The number of ether oxygens (including phenoxy) is 1. The maximum Gasteiger partial charge on any atom is 0.255 e. The van der Waals surface area contributed by atoms with Crippen LogP contribution in [0, 0.1) is 6.92 Å².